The van der Waals surface area contributed by atoms with E-state index in [0.29, 0.717) is 16.8 Å². The van der Waals surface area contributed by atoms with Crippen molar-refractivity contribution in [3.05, 3.63) is 26.8 Å². The van der Waals surface area contributed by atoms with Crippen molar-refractivity contribution in [2.24, 2.45) is 0 Å². The van der Waals surface area contributed by atoms with Crippen molar-refractivity contribution < 1.29 is 9.90 Å². The van der Waals surface area contributed by atoms with Gasteiger partial charge >= 0.3 is 5.97 Å². The zero-order valence-corrected chi connectivity index (χ0v) is 10.3. The summed E-state index contributed by atoms with van der Waals surface area (Å²) in [6.45, 7) is 3.52. The molecule has 0 radical (unpaired) electrons. The van der Waals surface area contributed by atoms with Crippen LogP contribution < -0.4 is 0 Å². The van der Waals surface area contributed by atoms with E-state index in [2.05, 4.69) is 32.7 Å². The van der Waals surface area contributed by atoms with Gasteiger partial charge in [-0.3, -0.25) is 0 Å². The molecule has 0 aromatic carbocycles. The molecule has 6 heteroatoms. The predicted molar refractivity (Wildman–Crippen MR) is 62.1 cm³/mol. The molecule has 1 N–H and O–H groups in total. The molecule has 0 fully saturated rings. The first kappa shape index (κ1) is 10.3. The summed E-state index contributed by atoms with van der Waals surface area (Å²) < 4.78 is 2.38. The number of fused-ring (bicyclic) bond motifs is 1. The van der Waals surface area contributed by atoms with Gasteiger partial charge < -0.3 is 5.11 Å². The first-order chi connectivity index (χ1) is 7.04. The smallest absolute Gasteiger partial charge is 0.337 e. The second-order valence-electron chi connectivity index (χ2n) is 3.20. The van der Waals surface area contributed by atoms with E-state index in [1.165, 1.54) is 6.33 Å². The van der Waals surface area contributed by atoms with Crippen LogP contribution in [0, 0.1) is 17.5 Å². The Balaban J connectivity index is 2.98. The molecule has 0 spiro atoms. The molecule has 0 atom stereocenters. The van der Waals surface area contributed by atoms with Crippen LogP contribution >= 0.6 is 22.6 Å². The van der Waals surface area contributed by atoms with Crippen LogP contribution in [0.2, 0.25) is 0 Å². The lowest BCUT2D eigenvalue weighted by molar-refractivity contribution is 0.0695. The number of carbonyl (C=O) groups is 1. The molecular weight excluding hydrogens is 309 g/mol. The van der Waals surface area contributed by atoms with Crippen molar-refractivity contribution >= 4 is 34.1 Å². The molecule has 78 valence electrons. The maximum Gasteiger partial charge on any atom is 0.337 e. The summed E-state index contributed by atoms with van der Waals surface area (Å²) in [6, 6.07) is 0. The number of carboxylic acids is 1. The Morgan fingerprint density at radius 1 is 1.53 bits per heavy atom. The van der Waals surface area contributed by atoms with E-state index in [9.17, 15) is 4.79 Å². The Labute approximate surface area is 99.3 Å². The maximum atomic E-state index is 11.1. The summed E-state index contributed by atoms with van der Waals surface area (Å²) in [4.78, 5) is 15.1. The molecule has 2 rings (SSSR count). The molecule has 2 aromatic heterocycles. The van der Waals surface area contributed by atoms with Gasteiger partial charge in [0.05, 0.1) is 11.3 Å². The summed E-state index contributed by atoms with van der Waals surface area (Å²) in [6.07, 6.45) is 1.42. The highest BCUT2D eigenvalue weighted by Gasteiger charge is 2.20. The van der Waals surface area contributed by atoms with Crippen molar-refractivity contribution in [2.45, 2.75) is 13.8 Å². The molecule has 0 aliphatic rings. The molecular formula is C9H8IN3O2. The van der Waals surface area contributed by atoms with Gasteiger partial charge in [0.2, 0.25) is 0 Å². The van der Waals surface area contributed by atoms with Crippen molar-refractivity contribution in [3.63, 3.8) is 0 Å². The predicted octanol–water partition coefficient (Wildman–Crippen LogP) is 1.65. The van der Waals surface area contributed by atoms with Gasteiger partial charge in [0, 0.05) is 0 Å². The molecule has 0 amide bonds. The van der Waals surface area contributed by atoms with Crippen LogP contribution in [0.25, 0.3) is 5.52 Å². The Morgan fingerprint density at radius 2 is 2.20 bits per heavy atom. The van der Waals surface area contributed by atoms with Gasteiger partial charge in [-0.1, -0.05) is 0 Å². The van der Waals surface area contributed by atoms with Crippen molar-refractivity contribution in [2.75, 3.05) is 0 Å². The Hall–Kier alpha value is -1.18. The lowest BCUT2D eigenvalue weighted by atomic mass is 10.1. The van der Waals surface area contributed by atoms with E-state index in [1.807, 2.05) is 0 Å². The number of nitrogens with zero attached hydrogens (tertiary/aromatic N) is 3. The molecule has 2 heterocycles. The van der Waals surface area contributed by atoms with Gasteiger partial charge in [0.25, 0.3) is 0 Å². The third kappa shape index (κ3) is 1.39. The fraction of sp³-hybridized carbons (Fsp3) is 0.222. The largest absolute Gasteiger partial charge is 0.478 e. The number of carboxylic acid groups (broad SMARTS) is 1. The van der Waals surface area contributed by atoms with Crippen LogP contribution in [0.15, 0.2) is 6.33 Å². The molecule has 0 saturated carbocycles. The average Bonchev–Trinajstić information content (AvgIpc) is 2.40. The molecule has 0 bridgehead atoms. The lowest BCUT2D eigenvalue weighted by Gasteiger charge is -1.96. The zero-order chi connectivity index (χ0) is 11.2. The van der Waals surface area contributed by atoms with E-state index in [4.69, 9.17) is 5.11 Å². The van der Waals surface area contributed by atoms with E-state index in [1.54, 1.807) is 18.4 Å². The van der Waals surface area contributed by atoms with Crippen LogP contribution in [0.3, 0.4) is 0 Å². The lowest BCUT2D eigenvalue weighted by Crippen LogP contribution is -2.00. The van der Waals surface area contributed by atoms with E-state index in [0.717, 1.165) is 9.22 Å². The van der Waals surface area contributed by atoms with Gasteiger partial charge in [-0.25, -0.2) is 14.3 Å². The SMILES string of the molecule is Cc1c(C(=O)O)c(C)n2ncnc(I)c12. The number of hydrogen-bond acceptors (Lipinski definition) is 3. The van der Waals surface area contributed by atoms with Crippen LogP contribution in [-0.4, -0.2) is 25.7 Å². The number of hydrogen-bond donors (Lipinski definition) is 1. The van der Waals surface area contributed by atoms with Crippen molar-refractivity contribution in [3.8, 4) is 0 Å². The van der Waals surface area contributed by atoms with Crippen LogP contribution in [0.1, 0.15) is 21.6 Å². The number of aromatic nitrogens is 3. The van der Waals surface area contributed by atoms with E-state index in [-0.39, 0.29) is 0 Å². The quantitative estimate of drug-likeness (QED) is 0.812. The number of rotatable bonds is 1. The van der Waals surface area contributed by atoms with E-state index < -0.39 is 5.97 Å². The highest BCUT2D eigenvalue weighted by atomic mass is 127. The monoisotopic (exact) mass is 317 g/mol. The molecule has 15 heavy (non-hydrogen) atoms. The molecule has 0 unspecified atom stereocenters. The Kier molecular flexibility index (Phi) is 2.37. The maximum absolute atomic E-state index is 11.1. The topological polar surface area (TPSA) is 67.5 Å². The molecule has 0 aliphatic carbocycles. The zero-order valence-electron chi connectivity index (χ0n) is 8.15. The third-order valence-corrected chi connectivity index (χ3v) is 3.16. The normalized spacial score (nSPS) is 10.9. The minimum atomic E-state index is -0.925. The third-order valence-electron chi connectivity index (χ3n) is 2.37. The summed E-state index contributed by atoms with van der Waals surface area (Å²) in [7, 11) is 0. The Bertz CT molecular complexity index is 562. The summed E-state index contributed by atoms with van der Waals surface area (Å²) >= 11 is 2.07. The van der Waals surface area contributed by atoms with Gasteiger partial charge in [-0.15, -0.1) is 0 Å². The number of halogens is 1. The molecule has 2 aromatic rings. The fourth-order valence-electron chi connectivity index (χ4n) is 1.71. The average molecular weight is 317 g/mol. The fourth-order valence-corrected chi connectivity index (χ4v) is 2.47. The van der Waals surface area contributed by atoms with Crippen LogP contribution in [-0.2, 0) is 0 Å². The Morgan fingerprint density at radius 3 is 2.73 bits per heavy atom. The molecule has 5 nitrogen and oxygen atoms in total. The summed E-state index contributed by atoms with van der Waals surface area (Å²) in [5.41, 5.74) is 2.43. The second-order valence-corrected chi connectivity index (χ2v) is 4.22. The second kappa shape index (κ2) is 3.44. The minimum absolute atomic E-state index is 0.313. The van der Waals surface area contributed by atoms with Gasteiger partial charge in [-0.05, 0) is 42.0 Å². The standard InChI is InChI=1S/C9H8IN3O2/c1-4-6(9(14)15)5(2)13-7(4)8(10)11-3-12-13/h3H,1-2H3,(H,14,15). The highest BCUT2D eigenvalue weighted by Crippen LogP contribution is 2.23. The minimum Gasteiger partial charge on any atom is -0.478 e. The van der Waals surface area contributed by atoms with Gasteiger partial charge in [-0.2, -0.15) is 5.10 Å². The van der Waals surface area contributed by atoms with E-state index >= 15 is 0 Å². The highest BCUT2D eigenvalue weighted by molar-refractivity contribution is 14.1. The summed E-state index contributed by atoms with van der Waals surface area (Å²) in [5, 5.41) is 13.1. The number of aryl methyl sites for hydroxylation is 2. The van der Waals surface area contributed by atoms with Crippen molar-refractivity contribution in [1.82, 2.24) is 14.6 Å². The first-order valence-corrected chi connectivity index (χ1v) is 5.33. The van der Waals surface area contributed by atoms with Crippen LogP contribution in [0.4, 0.5) is 0 Å². The van der Waals surface area contributed by atoms with Crippen molar-refractivity contribution in [1.29, 1.82) is 0 Å². The number of aromatic carboxylic acids is 1. The van der Waals surface area contributed by atoms with Gasteiger partial charge in [0.15, 0.2) is 0 Å². The van der Waals surface area contributed by atoms with Gasteiger partial charge in [0.1, 0.15) is 15.5 Å². The molecule has 0 aliphatic heterocycles. The first-order valence-electron chi connectivity index (χ1n) is 4.25. The molecule has 0 saturated heterocycles. The summed E-state index contributed by atoms with van der Waals surface area (Å²) in [5.74, 6) is -0.925. The van der Waals surface area contributed by atoms with Crippen LogP contribution in [0.5, 0.6) is 0 Å².